The van der Waals surface area contributed by atoms with E-state index in [2.05, 4.69) is 30.6 Å². The Bertz CT molecular complexity index is 2490. The number of para-hydroxylation sites is 1. The predicted molar refractivity (Wildman–Crippen MR) is 169 cm³/mol. The quantitative estimate of drug-likeness (QED) is 0.0693. The first kappa shape index (κ1) is 33.6. The molecule has 254 valence electrons. The number of aliphatic carboxylic acids is 1. The van der Waals surface area contributed by atoms with Crippen molar-refractivity contribution in [2.75, 3.05) is 0 Å². The van der Waals surface area contributed by atoms with Crippen LogP contribution in [0.25, 0.3) is 22.1 Å². The van der Waals surface area contributed by atoms with E-state index in [0.29, 0.717) is 4.57 Å². The number of hydrogen-bond acceptors (Lipinski definition) is 12. The fraction of sp³-hybridized carbons (Fsp3) is 0.250. The maximum absolute atomic E-state index is 13.7. The molecule has 1 aromatic carbocycles. The number of benzene rings is 1. The zero-order valence-corrected chi connectivity index (χ0v) is 25.3. The first-order valence-corrected chi connectivity index (χ1v) is 14.3. The number of carboxylic acid groups (broad SMARTS) is 1. The van der Waals surface area contributed by atoms with Crippen LogP contribution in [0.2, 0.25) is 0 Å². The maximum atomic E-state index is 13.7. The number of fused-ring (bicyclic) bond motifs is 2. The van der Waals surface area contributed by atoms with Crippen molar-refractivity contribution < 1.29 is 19.5 Å². The lowest BCUT2D eigenvalue weighted by atomic mass is 10.2. The lowest BCUT2D eigenvalue weighted by Crippen LogP contribution is -2.58. The molecule has 2 amide bonds. The van der Waals surface area contributed by atoms with Crippen LogP contribution in [0.1, 0.15) is 5.56 Å². The molecule has 0 radical (unpaired) electrons. The van der Waals surface area contributed by atoms with Crippen molar-refractivity contribution in [3.63, 3.8) is 0 Å². The number of carboxylic acids is 1. The molecule has 8 N–H and O–H groups in total. The monoisotopic (exact) mass is 677 g/mol. The molecule has 5 rings (SSSR count). The number of hydrogen-bond donors (Lipinski definition) is 7. The van der Waals surface area contributed by atoms with Crippen LogP contribution < -0.4 is 50.1 Å². The maximum Gasteiger partial charge on any atom is 0.330 e. The number of H-pyrrole nitrogens is 3. The first-order chi connectivity index (χ1) is 23.2. The lowest BCUT2D eigenvalue weighted by Gasteiger charge is -2.24. The van der Waals surface area contributed by atoms with Crippen molar-refractivity contribution in [2.45, 2.75) is 44.7 Å². The third-order valence-electron chi connectivity index (χ3n) is 7.40. The number of amides is 2. The predicted octanol–water partition coefficient (Wildman–Crippen LogP) is -4.58. The lowest BCUT2D eigenvalue weighted by molar-refractivity contribution is -0.142. The molecule has 0 bridgehead atoms. The van der Waals surface area contributed by atoms with E-state index in [-0.39, 0.29) is 27.6 Å². The molecule has 4 heterocycles. The number of aryl methyl sites for hydroxylation is 1. The fourth-order valence-electron chi connectivity index (χ4n) is 4.89. The Labute approximate surface area is 270 Å². The Balaban J connectivity index is 1.48. The molecule has 0 saturated carbocycles. The molecule has 21 nitrogen and oxygen atoms in total. The van der Waals surface area contributed by atoms with Gasteiger partial charge in [-0.3, -0.25) is 47.6 Å². The van der Waals surface area contributed by atoms with Crippen molar-refractivity contribution in [2.24, 2.45) is 5.73 Å². The van der Waals surface area contributed by atoms with Gasteiger partial charge >= 0.3 is 23.0 Å². The highest BCUT2D eigenvalue weighted by Crippen LogP contribution is 2.05. The van der Waals surface area contributed by atoms with Crippen molar-refractivity contribution in [1.82, 2.24) is 49.3 Å². The van der Waals surface area contributed by atoms with Gasteiger partial charge in [0.05, 0.1) is 30.5 Å². The highest BCUT2D eigenvalue weighted by molar-refractivity contribution is 5.91. The summed E-state index contributed by atoms with van der Waals surface area (Å²) in [6.45, 7) is -0.666. The fourth-order valence-corrected chi connectivity index (χ4v) is 4.89. The highest BCUT2D eigenvalue weighted by atomic mass is 16.4. The van der Waals surface area contributed by atoms with Crippen LogP contribution in [0, 0.1) is 6.92 Å². The topological polar surface area (TPSA) is 312 Å². The minimum Gasteiger partial charge on any atom is -0.480 e. The van der Waals surface area contributed by atoms with Gasteiger partial charge in [0.15, 0.2) is 11.2 Å². The normalized spacial score (nSPS) is 13.1. The van der Waals surface area contributed by atoms with E-state index < -0.39 is 89.3 Å². The molecule has 0 spiro atoms. The standard InChI is InChI=1S/C28H27N11O10/c1-12-8-37(26(47)35-20(12)40)9-14(29)21(41)32-16(10-39-24(44)13-4-2-3-5-15(13)34-27(39)48)22(42)33-17(25(45)46)11-38-19-18(30-6-7-31-19)23(43)36-28(38)49/h2-8,14,16-17H,9-11,29H2,1H3,(H,32,41)(H,33,42)(H,34,48)(H,45,46)(H,35,40,47)(H,36,43,49)/t14-,16-,17-/m1/s1. The van der Waals surface area contributed by atoms with Gasteiger partial charge in [-0.05, 0) is 19.1 Å². The molecule has 0 aliphatic heterocycles. The number of nitrogens with one attached hydrogen (secondary N) is 5. The third-order valence-corrected chi connectivity index (χ3v) is 7.40. The van der Waals surface area contributed by atoms with Gasteiger partial charge in [-0.1, -0.05) is 12.1 Å². The van der Waals surface area contributed by atoms with Gasteiger partial charge in [0.2, 0.25) is 11.8 Å². The number of aromatic amines is 3. The van der Waals surface area contributed by atoms with Gasteiger partial charge in [0, 0.05) is 24.2 Å². The van der Waals surface area contributed by atoms with Gasteiger partial charge in [0.25, 0.3) is 16.7 Å². The smallest absolute Gasteiger partial charge is 0.330 e. The zero-order valence-electron chi connectivity index (χ0n) is 25.3. The minimum atomic E-state index is -1.90. The molecule has 0 fully saturated rings. The summed E-state index contributed by atoms with van der Waals surface area (Å²) in [5.74, 6) is -3.94. The first-order valence-electron chi connectivity index (χ1n) is 14.3. The van der Waals surface area contributed by atoms with Crippen LogP contribution in [0.15, 0.2) is 71.6 Å². The molecular formula is C28H27N11O10. The van der Waals surface area contributed by atoms with Crippen LogP contribution in [-0.4, -0.2) is 79.6 Å². The number of rotatable bonds is 11. The number of nitrogens with zero attached hydrogens (tertiary/aromatic N) is 5. The van der Waals surface area contributed by atoms with E-state index in [1.54, 1.807) is 6.07 Å². The average molecular weight is 678 g/mol. The van der Waals surface area contributed by atoms with E-state index in [1.807, 2.05) is 4.98 Å². The molecule has 21 heteroatoms. The molecule has 0 aliphatic rings. The molecule has 3 atom stereocenters. The summed E-state index contributed by atoms with van der Waals surface area (Å²) in [4.78, 5) is 128. The Morgan fingerprint density at radius 3 is 2.18 bits per heavy atom. The Kier molecular flexibility index (Phi) is 9.27. The molecule has 0 aliphatic carbocycles. The number of carbonyl (C=O) groups excluding carboxylic acids is 2. The van der Waals surface area contributed by atoms with Crippen molar-refractivity contribution in [1.29, 1.82) is 0 Å². The van der Waals surface area contributed by atoms with Crippen LogP contribution in [0.5, 0.6) is 0 Å². The van der Waals surface area contributed by atoms with Gasteiger partial charge in [0.1, 0.15) is 18.1 Å². The van der Waals surface area contributed by atoms with E-state index >= 15 is 0 Å². The van der Waals surface area contributed by atoms with Gasteiger partial charge < -0.3 is 26.5 Å². The van der Waals surface area contributed by atoms with E-state index in [0.717, 1.165) is 21.5 Å². The van der Waals surface area contributed by atoms with E-state index in [1.165, 1.54) is 31.3 Å². The van der Waals surface area contributed by atoms with E-state index in [9.17, 15) is 48.3 Å². The van der Waals surface area contributed by atoms with Gasteiger partial charge in [-0.2, -0.15) is 0 Å². The number of nitrogens with two attached hydrogens (primary N) is 1. The Morgan fingerprint density at radius 1 is 0.816 bits per heavy atom. The van der Waals surface area contributed by atoms with Crippen molar-refractivity contribution in [3.05, 3.63) is 111 Å². The third kappa shape index (κ3) is 7.00. The van der Waals surface area contributed by atoms with Crippen LogP contribution in [-0.2, 0) is 34.0 Å². The summed E-state index contributed by atoms with van der Waals surface area (Å²) in [5, 5.41) is 14.5. The number of carbonyl (C=O) groups is 3. The van der Waals surface area contributed by atoms with Gasteiger partial charge in [-0.15, -0.1) is 0 Å². The second-order valence-corrected chi connectivity index (χ2v) is 10.8. The van der Waals surface area contributed by atoms with Crippen LogP contribution in [0.4, 0.5) is 0 Å². The SMILES string of the molecule is Cc1cn(C[C@@H](N)C(=O)N[C@H](Cn2c(=O)[nH]c3ccccc3c2=O)C(=O)N[C@H](Cn2c(=O)[nH]c(=O)c3nccnc32)C(=O)O)c(=O)[nH]c1=O. The molecule has 49 heavy (non-hydrogen) atoms. The second kappa shape index (κ2) is 13.5. The summed E-state index contributed by atoms with van der Waals surface area (Å²) >= 11 is 0. The summed E-state index contributed by atoms with van der Waals surface area (Å²) in [6.07, 6.45) is 3.49. The summed E-state index contributed by atoms with van der Waals surface area (Å²) in [6, 6.07) is 0.712. The molecule has 5 aromatic rings. The molecule has 0 saturated heterocycles. The molecule has 0 unspecified atom stereocenters. The highest BCUT2D eigenvalue weighted by Gasteiger charge is 2.31. The number of aromatic nitrogens is 8. The summed E-state index contributed by atoms with van der Waals surface area (Å²) < 4.78 is 2.32. The van der Waals surface area contributed by atoms with Crippen LogP contribution in [0.3, 0.4) is 0 Å². The van der Waals surface area contributed by atoms with Crippen LogP contribution >= 0.6 is 0 Å². The summed E-state index contributed by atoms with van der Waals surface area (Å²) in [7, 11) is 0. The minimum absolute atomic E-state index is 0.0611. The zero-order chi connectivity index (χ0) is 35.6. The Hall–Kier alpha value is -6.77. The Morgan fingerprint density at radius 2 is 1.45 bits per heavy atom. The van der Waals surface area contributed by atoms with Crippen molar-refractivity contribution in [3.8, 4) is 0 Å². The molecule has 4 aromatic heterocycles. The van der Waals surface area contributed by atoms with Gasteiger partial charge in [-0.25, -0.2) is 29.1 Å². The second-order valence-electron chi connectivity index (χ2n) is 10.8. The average Bonchev–Trinajstić information content (AvgIpc) is 3.05. The van der Waals surface area contributed by atoms with Crippen molar-refractivity contribution >= 4 is 39.9 Å². The molecular weight excluding hydrogens is 650 g/mol. The van der Waals surface area contributed by atoms with E-state index in [4.69, 9.17) is 5.73 Å². The summed E-state index contributed by atoms with van der Waals surface area (Å²) in [5.41, 5.74) is 0.491. The largest absolute Gasteiger partial charge is 0.480 e.